The first kappa shape index (κ1) is 14.3. The Balaban J connectivity index is 1.85. The van der Waals surface area contributed by atoms with Gasteiger partial charge in [0.1, 0.15) is 0 Å². The summed E-state index contributed by atoms with van der Waals surface area (Å²) in [5, 5.41) is 18.5. The second-order valence-corrected chi connectivity index (χ2v) is 6.56. The van der Waals surface area contributed by atoms with E-state index in [4.69, 9.17) is 0 Å². The summed E-state index contributed by atoms with van der Waals surface area (Å²) in [6.45, 7) is 2.35. The van der Waals surface area contributed by atoms with Gasteiger partial charge in [-0.25, -0.2) is 0 Å². The van der Waals surface area contributed by atoms with Gasteiger partial charge in [-0.05, 0) is 43.4 Å². The topological polar surface area (TPSA) is 40.5 Å². The molecule has 0 heterocycles. The Hall–Kier alpha value is -0.0800. The van der Waals surface area contributed by atoms with E-state index < -0.39 is 6.29 Å². The molecule has 2 rings (SSSR count). The zero-order valence-corrected chi connectivity index (χ0v) is 11.9. The number of aliphatic hydroxyl groups is 2. The van der Waals surface area contributed by atoms with Gasteiger partial charge in [0.2, 0.25) is 0 Å². The SMILES string of the molecule is CCC(C1CCCCC1)C1CCC(C(O)O)CC1. The van der Waals surface area contributed by atoms with Gasteiger partial charge >= 0.3 is 0 Å². The van der Waals surface area contributed by atoms with Crippen LogP contribution in [0.15, 0.2) is 0 Å². The molecule has 106 valence electrons. The molecule has 0 aliphatic heterocycles. The van der Waals surface area contributed by atoms with E-state index >= 15 is 0 Å². The van der Waals surface area contributed by atoms with Crippen molar-refractivity contribution in [3.63, 3.8) is 0 Å². The Morgan fingerprint density at radius 1 is 0.778 bits per heavy atom. The van der Waals surface area contributed by atoms with E-state index in [-0.39, 0.29) is 5.92 Å². The van der Waals surface area contributed by atoms with Crippen LogP contribution >= 0.6 is 0 Å². The van der Waals surface area contributed by atoms with Crippen LogP contribution < -0.4 is 0 Å². The normalized spacial score (nSPS) is 32.7. The highest BCUT2D eigenvalue weighted by Crippen LogP contribution is 2.42. The molecule has 0 aromatic carbocycles. The van der Waals surface area contributed by atoms with Crippen molar-refractivity contribution in [2.24, 2.45) is 23.7 Å². The Labute approximate surface area is 112 Å². The second kappa shape index (κ2) is 6.91. The maximum Gasteiger partial charge on any atom is 0.154 e. The third-order valence-electron chi connectivity index (χ3n) is 5.57. The largest absolute Gasteiger partial charge is 0.368 e. The van der Waals surface area contributed by atoms with Gasteiger partial charge in [-0.15, -0.1) is 0 Å². The fourth-order valence-electron chi connectivity index (χ4n) is 4.49. The molecule has 2 fully saturated rings. The molecule has 0 bridgehead atoms. The summed E-state index contributed by atoms with van der Waals surface area (Å²) in [6, 6.07) is 0. The summed E-state index contributed by atoms with van der Waals surface area (Å²) in [4.78, 5) is 0. The van der Waals surface area contributed by atoms with Gasteiger partial charge in [0.25, 0.3) is 0 Å². The molecule has 0 radical (unpaired) electrons. The highest BCUT2D eigenvalue weighted by Gasteiger charge is 2.33. The van der Waals surface area contributed by atoms with Gasteiger partial charge in [0.05, 0.1) is 0 Å². The molecular formula is C16H30O2. The van der Waals surface area contributed by atoms with E-state index in [9.17, 15) is 10.2 Å². The minimum atomic E-state index is -1.08. The van der Waals surface area contributed by atoms with Gasteiger partial charge in [-0.1, -0.05) is 45.4 Å². The lowest BCUT2D eigenvalue weighted by Crippen LogP contribution is -2.31. The Bertz CT molecular complexity index is 225. The molecule has 0 amide bonds. The zero-order valence-electron chi connectivity index (χ0n) is 11.9. The maximum absolute atomic E-state index is 9.26. The first-order valence-corrected chi connectivity index (χ1v) is 8.08. The van der Waals surface area contributed by atoms with Gasteiger partial charge < -0.3 is 10.2 Å². The minimum absolute atomic E-state index is 0.144. The fourth-order valence-corrected chi connectivity index (χ4v) is 4.49. The molecule has 2 nitrogen and oxygen atoms in total. The van der Waals surface area contributed by atoms with Crippen molar-refractivity contribution in [1.29, 1.82) is 0 Å². The Morgan fingerprint density at radius 2 is 1.28 bits per heavy atom. The van der Waals surface area contributed by atoms with E-state index in [2.05, 4.69) is 6.92 Å². The van der Waals surface area contributed by atoms with Crippen LogP contribution in [0.25, 0.3) is 0 Å². The summed E-state index contributed by atoms with van der Waals surface area (Å²) < 4.78 is 0. The lowest BCUT2D eigenvalue weighted by atomic mass is 9.67. The third-order valence-corrected chi connectivity index (χ3v) is 5.57. The minimum Gasteiger partial charge on any atom is -0.368 e. The van der Waals surface area contributed by atoms with Crippen LogP contribution in [0.4, 0.5) is 0 Å². The van der Waals surface area contributed by atoms with E-state index in [0.717, 1.165) is 30.6 Å². The molecule has 2 N–H and O–H groups in total. The smallest absolute Gasteiger partial charge is 0.154 e. The number of hydrogen-bond acceptors (Lipinski definition) is 2. The monoisotopic (exact) mass is 254 g/mol. The Kier molecular flexibility index (Phi) is 5.50. The van der Waals surface area contributed by atoms with Crippen molar-refractivity contribution in [3.05, 3.63) is 0 Å². The molecule has 1 unspecified atom stereocenters. The van der Waals surface area contributed by atoms with Crippen LogP contribution in [0.5, 0.6) is 0 Å². The molecule has 2 aliphatic carbocycles. The van der Waals surface area contributed by atoms with Crippen molar-refractivity contribution >= 4 is 0 Å². The van der Waals surface area contributed by atoms with Crippen molar-refractivity contribution < 1.29 is 10.2 Å². The second-order valence-electron chi connectivity index (χ2n) is 6.56. The highest BCUT2D eigenvalue weighted by atomic mass is 16.5. The summed E-state index contributed by atoms with van der Waals surface area (Å²) in [7, 11) is 0. The number of aliphatic hydroxyl groups excluding tert-OH is 1. The van der Waals surface area contributed by atoms with Gasteiger partial charge in [-0.3, -0.25) is 0 Å². The summed E-state index contributed by atoms with van der Waals surface area (Å²) >= 11 is 0. The average molecular weight is 254 g/mol. The first-order chi connectivity index (χ1) is 8.72. The molecule has 2 saturated carbocycles. The molecule has 2 heteroatoms. The third kappa shape index (κ3) is 3.48. The molecule has 0 spiro atoms. The summed E-state index contributed by atoms with van der Waals surface area (Å²) in [5.74, 6) is 2.87. The molecule has 0 aromatic heterocycles. The molecule has 1 atom stereocenters. The van der Waals surface area contributed by atoms with Crippen LogP contribution in [0.2, 0.25) is 0 Å². The predicted octanol–water partition coefficient (Wildman–Crippen LogP) is 3.71. The fraction of sp³-hybridized carbons (Fsp3) is 1.00. The van der Waals surface area contributed by atoms with E-state index in [0.29, 0.717) is 0 Å². The number of rotatable bonds is 4. The lowest BCUT2D eigenvalue weighted by Gasteiger charge is -2.39. The summed E-state index contributed by atoms with van der Waals surface area (Å²) in [6.07, 6.45) is 11.9. The van der Waals surface area contributed by atoms with Gasteiger partial charge in [-0.2, -0.15) is 0 Å². The molecule has 2 aliphatic rings. The van der Waals surface area contributed by atoms with E-state index in [1.54, 1.807) is 0 Å². The van der Waals surface area contributed by atoms with Crippen molar-refractivity contribution in [2.75, 3.05) is 0 Å². The first-order valence-electron chi connectivity index (χ1n) is 8.08. The maximum atomic E-state index is 9.26. The molecule has 18 heavy (non-hydrogen) atoms. The van der Waals surface area contributed by atoms with Crippen LogP contribution in [-0.4, -0.2) is 16.5 Å². The highest BCUT2D eigenvalue weighted by molar-refractivity contribution is 4.83. The van der Waals surface area contributed by atoms with E-state index in [1.165, 1.54) is 51.4 Å². The van der Waals surface area contributed by atoms with Crippen LogP contribution in [0.3, 0.4) is 0 Å². The summed E-state index contributed by atoms with van der Waals surface area (Å²) in [5.41, 5.74) is 0. The van der Waals surface area contributed by atoms with Gasteiger partial charge in [0, 0.05) is 5.92 Å². The van der Waals surface area contributed by atoms with Crippen LogP contribution in [0, 0.1) is 23.7 Å². The lowest BCUT2D eigenvalue weighted by molar-refractivity contribution is -0.0986. The van der Waals surface area contributed by atoms with Crippen molar-refractivity contribution in [2.45, 2.75) is 77.4 Å². The molecule has 0 aromatic rings. The average Bonchev–Trinajstić information content (AvgIpc) is 2.41. The van der Waals surface area contributed by atoms with Crippen LogP contribution in [-0.2, 0) is 0 Å². The molecular weight excluding hydrogens is 224 g/mol. The predicted molar refractivity (Wildman–Crippen MR) is 74.0 cm³/mol. The molecule has 0 saturated heterocycles. The van der Waals surface area contributed by atoms with Crippen LogP contribution in [0.1, 0.15) is 71.1 Å². The van der Waals surface area contributed by atoms with E-state index in [1.807, 2.05) is 0 Å². The van der Waals surface area contributed by atoms with Crippen molar-refractivity contribution in [3.8, 4) is 0 Å². The van der Waals surface area contributed by atoms with Crippen molar-refractivity contribution in [1.82, 2.24) is 0 Å². The zero-order chi connectivity index (χ0) is 13.0. The number of hydrogen-bond donors (Lipinski definition) is 2. The van der Waals surface area contributed by atoms with Gasteiger partial charge in [0.15, 0.2) is 6.29 Å². The standard InChI is InChI=1S/C16H30O2/c1-2-15(12-6-4-3-5-7-12)13-8-10-14(11-9-13)16(17)18/h12-18H,2-11H2,1H3. The quantitative estimate of drug-likeness (QED) is 0.751. The Morgan fingerprint density at radius 3 is 1.78 bits per heavy atom.